The van der Waals surface area contributed by atoms with Gasteiger partial charge in [0.25, 0.3) is 0 Å². The zero-order chi connectivity index (χ0) is 34.9. The van der Waals surface area contributed by atoms with Crippen LogP contribution in [0.3, 0.4) is 0 Å². The molecule has 13 heteroatoms. The van der Waals surface area contributed by atoms with Gasteiger partial charge in [-0.1, -0.05) is 37.3 Å². The van der Waals surface area contributed by atoms with Crippen molar-refractivity contribution in [2.75, 3.05) is 36.9 Å². The molecule has 0 amide bonds. The van der Waals surface area contributed by atoms with E-state index in [0.717, 1.165) is 41.5 Å². The maximum Gasteiger partial charge on any atom is 0.429 e. The molecule has 2 fully saturated rings. The average Bonchev–Trinajstić information content (AvgIpc) is 3.69. The van der Waals surface area contributed by atoms with Crippen LogP contribution in [0.25, 0.3) is 16.8 Å². The molecule has 4 aromatic rings. The number of nitrogens with two attached hydrogens (primary N) is 1. The van der Waals surface area contributed by atoms with Gasteiger partial charge in [-0.25, -0.2) is 4.68 Å². The molecule has 2 aromatic carbocycles. The van der Waals surface area contributed by atoms with Crippen molar-refractivity contribution in [1.29, 1.82) is 0 Å². The summed E-state index contributed by atoms with van der Waals surface area (Å²) in [6.07, 6.45) is -2.57. The number of esters is 1. The zero-order valence-electron chi connectivity index (χ0n) is 28.2. The summed E-state index contributed by atoms with van der Waals surface area (Å²) in [6, 6.07) is 13.6. The molecule has 2 aromatic heterocycles. The second-order valence-corrected chi connectivity index (χ2v) is 13.2. The minimum atomic E-state index is -4.80. The van der Waals surface area contributed by atoms with Gasteiger partial charge < -0.3 is 25.4 Å². The molecule has 0 radical (unpaired) electrons. The summed E-state index contributed by atoms with van der Waals surface area (Å²) in [4.78, 5) is 22.8. The highest BCUT2D eigenvalue weighted by Crippen LogP contribution is 2.43. The highest BCUT2D eigenvalue weighted by atomic mass is 19.4. The van der Waals surface area contributed by atoms with E-state index in [1.54, 1.807) is 31.3 Å². The molecule has 1 spiro atoms. The van der Waals surface area contributed by atoms with Crippen LogP contribution in [0.15, 0.2) is 54.7 Å². The van der Waals surface area contributed by atoms with E-state index < -0.39 is 12.3 Å². The van der Waals surface area contributed by atoms with E-state index in [2.05, 4.69) is 20.4 Å². The van der Waals surface area contributed by atoms with Crippen LogP contribution in [0, 0.1) is 26.2 Å². The molecular weight excluding hydrogens is 635 g/mol. The Morgan fingerprint density at radius 1 is 1.04 bits per heavy atom. The van der Waals surface area contributed by atoms with Gasteiger partial charge in [0.05, 0.1) is 18.0 Å². The van der Waals surface area contributed by atoms with E-state index in [9.17, 15) is 18.0 Å². The molecule has 0 bridgehead atoms. The molecule has 0 saturated carbocycles. The standard InChI is InChI=1S/C36H42F3N7O3/c1-5-16-48-33(47)28-20-35(21-41-28)11-14-45(15-12-35)30-19-31(43-34(40)42-30)49-32(36(37,38)39)27-9-8-26(25-7-6-22(2)23(3)17-25)18-29(27)46-13-10-24(4)44-46/h6-10,13,17-19,28,32,41H,5,11-12,14-16,20-21H2,1-4H3,(H2,40,42,43)/t28-,32+/m0/s1. The van der Waals surface area contributed by atoms with Gasteiger partial charge in [-0.2, -0.15) is 28.2 Å². The number of piperidine rings is 1. The summed E-state index contributed by atoms with van der Waals surface area (Å²) in [5, 5.41) is 7.75. The number of nitrogens with zero attached hydrogens (tertiary/aromatic N) is 5. The Kier molecular flexibility index (Phi) is 9.56. The minimum Gasteiger partial charge on any atom is -0.465 e. The largest absolute Gasteiger partial charge is 0.465 e. The Balaban J connectivity index is 1.26. The third-order valence-electron chi connectivity index (χ3n) is 9.61. The first-order valence-electron chi connectivity index (χ1n) is 16.6. The third-order valence-corrected chi connectivity index (χ3v) is 9.61. The maximum absolute atomic E-state index is 14.9. The van der Waals surface area contributed by atoms with E-state index in [0.29, 0.717) is 44.2 Å². The van der Waals surface area contributed by atoms with E-state index in [-0.39, 0.29) is 40.5 Å². The van der Waals surface area contributed by atoms with Gasteiger partial charge >= 0.3 is 12.1 Å². The monoisotopic (exact) mass is 677 g/mol. The van der Waals surface area contributed by atoms with Gasteiger partial charge in [0, 0.05) is 37.5 Å². The number of carbonyl (C=O) groups excluding carboxylic acids is 1. The number of halogens is 3. The molecule has 10 nitrogen and oxygen atoms in total. The molecule has 260 valence electrons. The Bertz CT molecular complexity index is 1820. The molecule has 6 rings (SSSR count). The number of ether oxygens (including phenoxy) is 2. The highest BCUT2D eigenvalue weighted by molar-refractivity contribution is 5.76. The lowest BCUT2D eigenvalue weighted by Gasteiger charge is -2.39. The average molecular weight is 678 g/mol. The van der Waals surface area contributed by atoms with Gasteiger partial charge in [0.2, 0.25) is 17.9 Å². The number of rotatable bonds is 9. The van der Waals surface area contributed by atoms with Crippen molar-refractivity contribution in [1.82, 2.24) is 25.1 Å². The molecule has 4 heterocycles. The van der Waals surface area contributed by atoms with Crippen LogP contribution < -0.4 is 20.7 Å². The van der Waals surface area contributed by atoms with Crippen molar-refractivity contribution >= 4 is 17.7 Å². The van der Waals surface area contributed by atoms with Crippen molar-refractivity contribution < 1.29 is 27.4 Å². The highest BCUT2D eigenvalue weighted by Gasteiger charge is 2.46. The molecule has 2 aliphatic heterocycles. The number of nitrogen functional groups attached to an aromatic ring is 1. The van der Waals surface area contributed by atoms with Gasteiger partial charge in [-0.15, -0.1) is 0 Å². The second-order valence-electron chi connectivity index (χ2n) is 13.2. The SMILES string of the molecule is CCCOC(=O)[C@@H]1CC2(CCN(c3cc(O[C@H](c4ccc(-c5ccc(C)c(C)c5)cc4-n4ccc(C)n4)C(F)(F)F)nc(N)n3)CC2)CN1. The van der Waals surface area contributed by atoms with Crippen molar-refractivity contribution in [2.45, 2.75) is 71.7 Å². The number of carbonyl (C=O) groups is 1. The molecule has 0 aliphatic carbocycles. The van der Waals surface area contributed by atoms with Gasteiger partial charge in [-0.05, 0) is 86.3 Å². The van der Waals surface area contributed by atoms with Crippen molar-refractivity contribution in [3.05, 3.63) is 77.1 Å². The normalized spacial score (nSPS) is 18.1. The van der Waals surface area contributed by atoms with Crippen molar-refractivity contribution in [3.63, 3.8) is 0 Å². The Morgan fingerprint density at radius 2 is 1.78 bits per heavy atom. The fraction of sp³-hybridized carbons (Fsp3) is 0.444. The van der Waals surface area contributed by atoms with Crippen molar-refractivity contribution in [3.8, 4) is 22.7 Å². The third kappa shape index (κ3) is 7.51. The molecule has 49 heavy (non-hydrogen) atoms. The number of benzene rings is 2. The second kappa shape index (κ2) is 13.7. The summed E-state index contributed by atoms with van der Waals surface area (Å²) in [6.45, 7) is 9.99. The van der Waals surface area contributed by atoms with Crippen LogP contribution in [-0.4, -0.2) is 64.2 Å². The number of hydrogen-bond donors (Lipinski definition) is 2. The van der Waals surface area contributed by atoms with Crippen LogP contribution in [0.2, 0.25) is 0 Å². The fourth-order valence-corrected chi connectivity index (χ4v) is 6.67. The molecule has 0 unspecified atom stereocenters. The summed E-state index contributed by atoms with van der Waals surface area (Å²) < 4.78 is 57.2. The molecule has 2 atom stereocenters. The van der Waals surface area contributed by atoms with Crippen LogP contribution in [0.5, 0.6) is 5.88 Å². The Hall–Kier alpha value is -4.65. The van der Waals surface area contributed by atoms with Crippen molar-refractivity contribution in [2.24, 2.45) is 5.41 Å². The van der Waals surface area contributed by atoms with Crippen LogP contribution in [0.4, 0.5) is 24.9 Å². The number of aryl methyl sites for hydroxylation is 3. The summed E-state index contributed by atoms with van der Waals surface area (Å²) in [5.41, 5.74) is 10.6. The van der Waals surface area contributed by atoms with E-state index in [4.69, 9.17) is 15.2 Å². The predicted molar refractivity (Wildman–Crippen MR) is 181 cm³/mol. The van der Waals surface area contributed by atoms with Crippen LogP contribution >= 0.6 is 0 Å². The minimum absolute atomic E-state index is 0.0730. The maximum atomic E-state index is 14.9. The molecule has 2 saturated heterocycles. The van der Waals surface area contributed by atoms with E-state index in [1.807, 2.05) is 43.9 Å². The molecular formula is C36H42F3N7O3. The quantitative estimate of drug-likeness (QED) is 0.193. The lowest BCUT2D eigenvalue weighted by Crippen LogP contribution is -2.41. The van der Waals surface area contributed by atoms with Crippen LogP contribution in [-0.2, 0) is 9.53 Å². The topological polar surface area (TPSA) is 120 Å². The fourth-order valence-electron chi connectivity index (χ4n) is 6.67. The first-order chi connectivity index (χ1) is 23.3. The van der Waals surface area contributed by atoms with Gasteiger partial charge in [0.1, 0.15) is 11.9 Å². The summed E-state index contributed by atoms with van der Waals surface area (Å²) in [5.74, 6) is -0.317. The summed E-state index contributed by atoms with van der Waals surface area (Å²) >= 11 is 0. The van der Waals surface area contributed by atoms with Gasteiger partial charge in [0.15, 0.2) is 0 Å². The lowest BCUT2D eigenvalue weighted by atomic mass is 9.76. The molecule has 3 N–H and O–H groups in total. The first kappa shape index (κ1) is 34.2. The molecule has 2 aliphatic rings. The lowest BCUT2D eigenvalue weighted by molar-refractivity contribution is -0.198. The first-order valence-corrected chi connectivity index (χ1v) is 16.6. The number of aromatic nitrogens is 4. The Labute approximate surface area is 283 Å². The number of anilines is 2. The predicted octanol–water partition coefficient (Wildman–Crippen LogP) is 6.42. The Morgan fingerprint density at radius 3 is 2.45 bits per heavy atom. The van der Waals surface area contributed by atoms with E-state index >= 15 is 0 Å². The number of nitrogens with one attached hydrogen (secondary N) is 1. The van der Waals surface area contributed by atoms with Crippen LogP contribution in [0.1, 0.15) is 61.1 Å². The summed E-state index contributed by atoms with van der Waals surface area (Å²) in [7, 11) is 0. The smallest absolute Gasteiger partial charge is 0.429 e. The van der Waals surface area contributed by atoms with Gasteiger partial charge in [-0.3, -0.25) is 4.79 Å². The zero-order valence-corrected chi connectivity index (χ0v) is 28.2. The van der Waals surface area contributed by atoms with E-state index in [1.165, 1.54) is 16.8 Å². The number of alkyl halides is 3. The number of hydrogen-bond acceptors (Lipinski definition) is 9.